The number of anilines is 1. The maximum Gasteiger partial charge on any atom is 0.242 e. The molecule has 0 aromatic heterocycles. The Hall–Kier alpha value is -2.00. The highest BCUT2D eigenvalue weighted by molar-refractivity contribution is 8.13. The van der Waals surface area contributed by atoms with E-state index in [0.29, 0.717) is 0 Å². The van der Waals surface area contributed by atoms with Crippen molar-refractivity contribution < 1.29 is 4.58 Å². The fraction of sp³-hybridized carbons (Fsp3) is 0.250. The summed E-state index contributed by atoms with van der Waals surface area (Å²) in [6.45, 7) is 4.60. The zero-order valence-electron chi connectivity index (χ0n) is 13.9. The molecular weight excluding hydrogens is 300 g/mol. The largest absolute Gasteiger partial charge is 0.358 e. The Morgan fingerprint density at radius 3 is 2.17 bits per heavy atom. The number of para-hydroxylation sites is 2. The third-order valence-corrected chi connectivity index (χ3v) is 4.77. The second-order valence-electron chi connectivity index (χ2n) is 6.36. The molecule has 0 aliphatic carbocycles. The molecule has 2 aromatic carbocycles. The van der Waals surface area contributed by atoms with Gasteiger partial charge in [0.05, 0.1) is 6.42 Å². The Morgan fingerprint density at radius 2 is 1.57 bits per heavy atom. The van der Waals surface area contributed by atoms with Gasteiger partial charge in [-0.2, -0.15) is 4.58 Å². The molecule has 23 heavy (non-hydrogen) atoms. The summed E-state index contributed by atoms with van der Waals surface area (Å²) in [5.74, 6) is 0. The van der Waals surface area contributed by atoms with Crippen molar-refractivity contribution in [2.24, 2.45) is 0 Å². The smallest absolute Gasteiger partial charge is 0.242 e. The molecule has 0 spiro atoms. The molecule has 0 fully saturated rings. The third kappa shape index (κ3) is 3.50. The average molecular weight is 323 g/mol. The number of rotatable bonds is 3. The van der Waals surface area contributed by atoms with Crippen LogP contribution in [0.1, 0.15) is 20.3 Å². The molecule has 2 nitrogen and oxygen atoms in total. The summed E-state index contributed by atoms with van der Waals surface area (Å²) in [5, 5.41) is 4.84. The minimum absolute atomic E-state index is 0.0194. The Kier molecular flexibility index (Phi) is 4.58. The van der Waals surface area contributed by atoms with Crippen LogP contribution in [0, 0.1) is 0 Å². The third-order valence-electron chi connectivity index (χ3n) is 4.05. The van der Waals surface area contributed by atoms with E-state index in [2.05, 4.69) is 90.7 Å². The van der Waals surface area contributed by atoms with Crippen molar-refractivity contribution in [1.29, 1.82) is 0 Å². The summed E-state index contributed by atoms with van der Waals surface area (Å²) in [6, 6.07) is 21.0. The van der Waals surface area contributed by atoms with Gasteiger partial charge in [-0.15, -0.1) is 0 Å². The maximum atomic E-state index is 3.57. The van der Waals surface area contributed by atoms with Crippen LogP contribution in [-0.4, -0.2) is 21.4 Å². The van der Waals surface area contributed by atoms with Crippen LogP contribution in [0.2, 0.25) is 0 Å². The van der Waals surface area contributed by atoms with E-state index in [1.165, 1.54) is 16.4 Å². The molecule has 3 rings (SSSR count). The predicted octanol–water partition coefficient (Wildman–Crippen LogP) is 5.27. The van der Waals surface area contributed by atoms with E-state index in [1.54, 1.807) is 11.8 Å². The first-order valence-corrected chi connectivity index (χ1v) is 9.11. The summed E-state index contributed by atoms with van der Waals surface area (Å²) < 4.78 is 2.44. The second-order valence-corrected chi connectivity index (χ2v) is 7.19. The van der Waals surface area contributed by atoms with E-state index in [4.69, 9.17) is 0 Å². The topological polar surface area (TPSA) is 15.0 Å². The van der Waals surface area contributed by atoms with E-state index in [9.17, 15) is 0 Å². The van der Waals surface area contributed by atoms with Crippen molar-refractivity contribution >= 4 is 28.2 Å². The van der Waals surface area contributed by atoms with Crippen LogP contribution in [0.4, 0.5) is 11.4 Å². The lowest BCUT2D eigenvalue weighted by molar-refractivity contribution is -0.523. The Labute approximate surface area is 142 Å². The van der Waals surface area contributed by atoms with Gasteiger partial charge in [0.1, 0.15) is 0 Å². The van der Waals surface area contributed by atoms with Crippen molar-refractivity contribution in [3.63, 3.8) is 0 Å². The van der Waals surface area contributed by atoms with Crippen LogP contribution in [0.3, 0.4) is 0 Å². The van der Waals surface area contributed by atoms with Crippen molar-refractivity contribution in [1.82, 2.24) is 0 Å². The zero-order valence-corrected chi connectivity index (χ0v) is 14.7. The van der Waals surface area contributed by atoms with Crippen LogP contribution < -0.4 is 5.32 Å². The first kappa shape index (κ1) is 15.9. The SMILES string of the molecule is CSC1=[N+](c2ccccc2)C(C)(C)CC(Nc2ccccc2)=C1. The minimum Gasteiger partial charge on any atom is -0.358 e. The van der Waals surface area contributed by atoms with Crippen molar-refractivity contribution in [3.05, 3.63) is 72.4 Å². The number of benzene rings is 2. The van der Waals surface area contributed by atoms with Gasteiger partial charge < -0.3 is 5.32 Å². The number of thioether (sulfide) groups is 1. The Bertz CT molecular complexity index is 731. The number of hydrogen-bond acceptors (Lipinski definition) is 2. The van der Waals surface area contributed by atoms with E-state index in [0.717, 1.165) is 12.1 Å². The molecule has 0 radical (unpaired) electrons. The lowest BCUT2D eigenvalue weighted by atomic mass is 9.93. The predicted molar refractivity (Wildman–Crippen MR) is 102 cm³/mol. The van der Waals surface area contributed by atoms with Gasteiger partial charge in [-0.05, 0) is 18.4 Å². The number of nitrogens with zero attached hydrogens (tertiary/aromatic N) is 1. The van der Waals surface area contributed by atoms with Gasteiger partial charge in [-0.3, -0.25) is 0 Å². The molecule has 0 amide bonds. The van der Waals surface area contributed by atoms with Gasteiger partial charge in [0.25, 0.3) is 0 Å². The highest BCUT2D eigenvalue weighted by Gasteiger charge is 2.39. The number of hydrogen-bond donors (Lipinski definition) is 1. The molecule has 2 aromatic rings. The summed E-state index contributed by atoms with van der Waals surface area (Å²) in [5.41, 5.74) is 3.67. The van der Waals surface area contributed by atoms with Crippen molar-refractivity contribution in [2.75, 3.05) is 11.6 Å². The average Bonchev–Trinajstić information content (AvgIpc) is 2.55. The van der Waals surface area contributed by atoms with E-state index < -0.39 is 0 Å². The standard InChI is InChI=1S/C20H22N2S/c1-20(2)15-17(21-16-10-6-4-7-11-16)14-19(23-3)22(20)18-12-8-5-9-13-18/h4-14H,15H2,1-3H3/p+1. The lowest BCUT2D eigenvalue weighted by Gasteiger charge is -2.29. The van der Waals surface area contributed by atoms with Crippen LogP contribution in [0.5, 0.6) is 0 Å². The van der Waals surface area contributed by atoms with E-state index in [1.807, 2.05) is 6.07 Å². The lowest BCUT2D eigenvalue weighted by Crippen LogP contribution is -2.40. The molecule has 3 heteroatoms. The first-order chi connectivity index (χ1) is 11.1. The Balaban J connectivity index is 2.00. The monoisotopic (exact) mass is 323 g/mol. The van der Waals surface area contributed by atoms with Gasteiger partial charge in [-0.25, -0.2) is 0 Å². The molecule has 118 valence electrons. The van der Waals surface area contributed by atoms with Crippen LogP contribution in [0.15, 0.2) is 72.4 Å². The molecule has 0 bridgehead atoms. The normalized spacial score (nSPS) is 16.9. The molecule has 0 saturated heterocycles. The van der Waals surface area contributed by atoms with Crippen LogP contribution in [-0.2, 0) is 0 Å². The van der Waals surface area contributed by atoms with Gasteiger partial charge >= 0.3 is 0 Å². The highest BCUT2D eigenvalue weighted by Crippen LogP contribution is 2.33. The molecule has 1 N–H and O–H groups in total. The molecule has 0 atom stereocenters. The first-order valence-electron chi connectivity index (χ1n) is 7.89. The van der Waals surface area contributed by atoms with Gasteiger partial charge in [0, 0.05) is 43.4 Å². The molecule has 0 saturated carbocycles. The molecule has 1 aliphatic rings. The highest BCUT2D eigenvalue weighted by atomic mass is 32.2. The van der Waals surface area contributed by atoms with E-state index >= 15 is 0 Å². The zero-order chi connectivity index (χ0) is 16.3. The fourth-order valence-corrected chi connectivity index (χ4v) is 3.89. The second kappa shape index (κ2) is 6.63. The van der Waals surface area contributed by atoms with Crippen LogP contribution >= 0.6 is 11.8 Å². The summed E-state index contributed by atoms with van der Waals surface area (Å²) in [6.07, 6.45) is 5.39. The molecule has 0 unspecified atom stereocenters. The maximum absolute atomic E-state index is 3.57. The summed E-state index contributed by atoms with van der Waals surface area (Å²) >= 11 is 1.79. The van der Waals surface area contributed by atoms with Crippen molar-refractivity contribution in [3.8, 4) is 0 Å². The number of nitrogens with one attached hydrogen (secondary N) is 1. The summed E-state index contributed by atoms with van der Waals surface area (Å²) in [4.78, 5) is 0. The van der Waals surface area contributed by atoms with Gasteiger partial charge in [0.2, 0.25) is 10.7 Å². The van der Waals surface area contributed by atoms with E-state index in [-0.39, 0.29) is 5.54 Å². The molecule has 1 aliphatic heterocycles. The van der Waals surface area contributed by atoms with Gasteiger partial charge in [-0.1, -0.05) is 48.2 Å². The van der Waals surface area contributed by atoms with Crippen molar-refractivity contribution in [2.45, 2.75) is 25.8 Å². The molecule has 1 heterocycles. The van der Waals surface area contributed by atoms with Gasteiger partial charge in [0.15, 0.2) is 5.54 Å². The molecular formula is C20H23N2S+. The fourth-order valence-electron chi connectivity index (χ4n) is 3.10. The quantitative estimate of drug-likeness (QED) is 0.774. The summed E-state index contributed by atoms with van der Waals surface area (Å²) in [7, 11) is 0. The minimum atomic E-state index is 0.0194. The Morgan fingerprint density at radius 1 is 0.957 bits per heavy atom. The van der Waals surface area contributed by atoms with Crippen LogP contribution in [0.25, 0.3) is 0 Å².